The Labute approximate surface area is 174 Å². The predicted octanol–water partition coefficient (Wildman–Crippen LogP) is 1.73. The van der Waals surface area contributed by atoms with Gasteiger partial charge in [-0.2, -0.15) is 5.10 Å². The summed E-state index contributed by atoms with van der Waals surface area (Å²) in [6.07, 6.45) is 1.41. The summed E-state index contributed by atoms with van der Waals surface area (Å²) in [6.45, 7) is 12.2. The second-order valence-corrected chi connectivity index (χ2v) is 8.04. The molecule has 0 saturated carbocycles. The molecule has 1 aliphatic heterocycles. The first-order valence-corrected chi connectivity index (χ1v) is 10.6. The van der Waals surface area contributed by atoms with Crippen LogP contribution in [0.25, 0.3) is 0 Å². The van der Waals surface area contributed by atoms with E-state index in [9.17, 15) is 5.11 Å². The Balaban J connectivity index is 1.42. The van der Waals surface area contributed by atoms with Gasteiger partial charge in [0.05, 0.1) is 6.20 Å². The number of β-amino-alcohol motifs (C(OH)–C–C–N with tert-alkyl or cyclic N) is 1. The minimum atomic E-state index is -0.474. The number of hydrogen-bond acceptors (Lipinski definition) is 6. The van der Waals surface area contributed by atoms with Crippen LogP contribution in [0.3, 0.4) is 0 Å². The number of aromatic nitrogens is 2. The Kier molecular flexibility index (Phi) is 8.06. The van der Waals surface area contributed by atoms with Crippen LogP contribution in [0, 0.1) is 6.92 Å². The van der Waals surface area contributed by atoms with E-state index in [2.05, 4.69) is 51.0 Å². The van der Waals surface area contributed by atoms with Crippen molar-refractivity contribution in [2.75, 3.05) is 52.9 Å². The monoisotopic (exact) mass is 401 g/mol. The van der Waals surface area contributed by atoms with Gasteiger partial charge in [-0.3, -0.25) is 14.9 Å². The summed E-state index contributed by atoms with van der Waals surface area (Å²) in [7, 11) is 2.10. The van der Waals surface area contributed by atoms with Crippen molar-refractivity contribution in [1.82, 2.24) is 24.9 Å². The number of aliphatic hydroxyl groups excluding tert-OH is 1. The summed E-state index contributed by atoms with van der Waals surface area (Å²) in [5.74, 6) is 0.810. The van der Waals surface area contributed by atoms with E-state index in [0.29, 0.717) is 13.2 Å². The van der Waals surface area contributed by atoms with E-state index in [1.807, 2.05) is 25.3 Å². The highest BCUT2D eigenvalue weighted by atomic mass is 16.5. The zero-order chi connectivity index (χ0) is 20.6. The van der Waals surface area contributed by atoms with Gasteiger partial charge in [-0.1, -0.05) is 19.1 Å². The van der Waals surface area contributed by atoms with Crippen LogP contribution in [-0.2, 0) is 13.1 Å². The molecule has 2 aromatic rings. The predicted molar refractivity (Wildman–Crippen MR) is 115 cm³/mol. The molecule has 1 saturated heterocycles. The lowest BCUT2D eigenvalue weighted by molar-refractivity contribution is 0.0470. The largest absolute Gasteiger partial charge is 0.491 e. The molecule has 0 unspecified atom stereocenters. The van der Waals surface area contributed by atoms with Gasteiger partial charge in [0.2, 0.25) is 0 Å². The highest BCUT2D eigenvalue weighted by Gasteiger charge is 2.18. The number of aliphatic hydroxyl groups is 1. The van der Waals surface area contributed by atoms with Crippen LogP contribution in [0.15, 0.2) is 30.5 Å². The van der Waals surface area contributed by atoms with Crippen LogP contribution in [0.4, 0.5) is 0 Å². The number of aromatic amines is 1. The number of ether oxygens (including phenoxy) is 1. The zero-order valence-electron chi connectivity index (χ0n) is 18.0. The van der Waals surface area contributed by atoms with Gasteiger partial charge in [0.25, 0.3) is 0 Å². The van der Waals surface area contributed by atoms with Crippen molar-refractivity contribution < 1.29 is 9.84 Å². The van der Waals surface area contributed by atoms with E-state index < -0.39 is 6.10 Å². The quantitative estimate of drug-likeness (QED) is 0.632. The van der Waals surface area contributed by atoms with Crippen LogP contribution < -0.4 is 4.74 Å². The normalized spacial score (nSPS) is 17.0. The summed E-state index contributed by atoms with van der Waals surface area (Å²) >= 11 is 0. The topological polar surface area (TPSA) is 67.9 Å². The Morgan fingerprint density at radius 3 is 2.66 bits per heavy atom. The Bertz CT molecular complexity index is 742. The van der Waals surface area contributed by atoms with Gasteiger partial charge in [-0.25, -0.2) is 0 Å². The van der Waals surface area contributed by atoms with Crippen molar-refractivity contribution in [3.63, 3.8) is 0 Å². The number of piperazine rings is 1. The Hall–Kier alpha value is -1.93. The number of hydrogen-bond donors (Lipinski definition) is 2. The fourth-order valence-electron chi connectivity index (χ4n) is 3.76. The molecule has 1 aromatic heterocycles. The van der Waals surface area contributed by atoms with E-state index in [-0.39, 0.29) is 0 Å². The third-order valence-electron chi connectivity index (χ3n) is 5.55. The molecule has 160 valence electrons. The fraction of sp³-hybridized carbons (Fsp3) is 0.591. The number of rotatable bonds is 10. The Morgan fingerprint density at radius 2 is 1.97 bits per heavy atom. The third-order valence-corrected chi connectivity index (χ3v) is 5.55. The van der Waals surface area contributed by atoms with Crippen molar-refractivity contribution in [2.45, 2.75) is 33.0 Å². The molecule has 1 fully saturated rings. The minimum Gasteiger partial charge on any atom is -0.491 e. The van der Waals surface area contributed by atoms with Gasteiger partial charge in [-0.15, -0.1) is 0 Å². The van der Waals surface area contributed by atoms with Gasteiger partial charge in [-0.05, 0) is 38.2 Å². The van der Waals surface area contributed by atoms with E-state index >= 15 is 0 Å². The van der Waals surface area contributed by atoms with Gasteiger partial charge in [0, 0.05) is 57.1 Å². The number of likely N-dealkylation sites (N-methyl/N-ethyl adjacent to an activating group) is 1. The maximum atomic E-state index is 10.4. The zero-order valence-corrected chi connectivity index (χ0v) is 18.0. The van der Waals surface area contributed by atoms with E-state index in [1.165, 1.54) is 11.1 Å². The van der Waals surface area contributed by atoms with E-state index in [1.54, 1.807) is 0 Å². The summed E-state index contributed by atoms with van der Waals surface area (Å²) < 4.78 is 5.88. The van der Waals surface area contributed by atoms with Crippen molar-refractivity contribution in [1.29, 1.82) is 0 Å². The van der Waals surface area contributed by atoms with Crippen LogP contribution in [0.1, 0.15) is 23.7 Å². The molecule has 2 heterocycles. The first-order valence-electron chi connectivity index (χ1n) is 10.6. The van der Waals surface area contributed by atoms with Gasteiger partial charge >= 0.3 is 0 Å². The molecule has 0 radical (unpaired) electrons. The van der Waals surface area contributed by atoms with Crippen LogP contribution in [0.2, 0.25) is 0 Å². The lowest BCUT2D eigenvalue weighted by Gasteiger charge is -2.34. The molecule has 7 nitrogen and oxygen atoms in total. The maximum absolute atomic E-state index is 10.4. The third kappa shape index (κ3) is 6.82. The molecule has 0 aliphatic carbocycles. The SMILES string of the molecule is CCN1CCN(C[C@H](O)COc2cccc(CN(C)Cc3cn[nH]c3C)c2)CC1. The molecule has 7 heteroatoms. The van der Waals surface area contributed by atoms with Gasteiger partial charge < -0.3 is 14.7 Å². The van der Waals surface area contributed by atoms with E-state index in [0.717, 1.165) is 57.3 Å². The average molecular weight is 402 g/mol. The molecule has 3 rings (SSSR count). The van der Waals surface area contributed by atoms with E-state index in [4.69, 9.17) is 4.74 Å². The van der Waals surface area contributed by atoms with Crippen molar-refractivity contribution in [3.8, 4) is 5.75 Å². The average Bonchev–Trinajstić information content (AvgIpc) is 3.11. The number of aryl methyl sites for hydroxylation is 1. The summed E-state index contributed by atoms with van der Waals surface area (Å²) in [5.41, 5.74) is 3.51. The van der Waals surface area contributed by atoms with Crippen molar-refractivity contribution in [3.05, 3.63) is 47.3 Å². The standard InChI is InChI=1S/C22H35N5O2/c1-4-26-8-10-27(11-9-26)16-21(28)17-29-22-7-5-6-19(12-22)14-25(3)15-20-13-23-24-18(20)2/h5-7,12-13,21,28H,4,8-11,14-17H2,1-3H3,(H,23,24)/t21-/m0/s1. The second kappa shape index (κ2) is 10.7. The van der Waals surface area contributed by atoms with Crippen LogP contribution in [-0.4, -0.2) is 89.0 Å². The lowest BCUT2D eigenvalue weighted by atomic mass is 10.2. The molecule has 0 amide bonds. The first kappa shape index (κ1) is 21.8. The molecule has 29 heavy (non-hydrogen) atoms. The molecule has 0 spiro atoms. The highest BCUT2D eigenvalue weighted by molar-refractivity contribution is 5.28. The number of nitrogens with one attached hydrogen (secondary N) is 1. The second-order valence-electron chi connectivity index (χ2n) is 8.04. The summed E-state index contributed by atoms with van der Waals surface area (Å²) in [6, 6.07) is 8.13. The van der Waals surface area contributed by atoms with Crippen molar-refractivity contribution >= 4 is 0 Å². The molecular weight excluding hydrogens is 366 g/mol. The molecule has 1 aromatic carbocycles. The van der Waals surface area contributed by atoms with Crippen LogP contribution >= 0.6 is 0 Å². The molecular formula is C22H35N5O2. The molecule has 0 bridgehead atoms. The van der Waals surface area contributed by atoms with Gasteiger partial charge in [0.1, 0.15) is 18.5 Å². The maximum Gasteiger partial charge on any atom is 0.119 e. The molecule has 1 atom stereocenters. The number of benzene rings is 1. The number of H-pyrrole nitrogens is 1. The fourth-order valence-corrected chi connectivity index (χ4v) is 3.76. The lowest BCUT2D eigenvalue weighted by Crippen LogP contribution is -2.49. The first-order chi connectivity index (χ1) is 14.0. The molecule has 1 aliphatic rings. The van der Waals surface area contributed by atoms with Crippen molar-refractivity contribution in [2.24, 2.45) is 0 Å². The van der Waals surface area contributed by atoms with Gasteiger partial charge in [0.15, 0.2) is 0 Å². The minimum absolute atomic E-state index is 0.321. The highest BCUT2D eigenvalue weighted by Crippen LogP contribution is 2.16. The smallest absolute Gasteiger partial charge is 0.119 e. The number of nitrogens with zero attached hydrogens (tertiary/aromatic N) is 4. The molecule has 2 N–H and O–H groups in total. The summed E-state index contributed by atoms with van der Waals surface area (Å²) in [4.78, 5) is 7.01. The Morgan fingerprint density at radius 1 is 1.21 bits per heavy atom. The van der Waals surface area contributed by atoms with Crippen LogP contribution in [0.5, 0.6) is 5.75 Å². The summed E-state index contributed by atoms with van der Waals surface area (Å²) in [5, 5.41) is 17.4.